The van der Waals surface area contributed by atoms with Crippen LogP contribution >= 0.6 is 0 Å². The van der Waals surface area contributed by atoms with Crippen LogP contribution in [0.5, 0.6) is 5.88 Å². The highest BCUT2D eigenvalue weighted by molar-refractivity contribution is 5.80. The van der Waals surface area contributed by atoms with E-state index in [1.807, 2.05) is 0 Å². The topological polar surface area (TPSA) is 92.3 Å². The number of nitrogens with two attached hydrogens (primary N) is 1. The second kappa shape index (κ2) is 4.52. The number of ether oxygens (including phenoxy) is 2. The number of nitrogen functional groups attached to an aromatic ring is 1. The van der Waals surface area contributed by atoms with Crippen molar-refractivity contribution in [1.29, 1.82) is 0 Å². The molecule has 0 aliphatic rings. The van der Waals surface area contributed by atoms with Crippen molar-refractivity contribution in [3.05, 3.63) is 12.1 Å². The number of imidazole rings is 1. The summed E-state index contributed by atoms with van der Waals surface area (Å²) in [5.74, 6) is 0.231. The first kappa shape index (κ1) is 12.2. The van der Waals surface area contributed by atoms with E-state index < -0.39 is 12.0 Å². The van der Waals surface area contributed by atoms with Gasteiger partial charge in [0.2, 0.25) is 11.8 Å². The highest BCUT2D eigenvalue weighted by Crippen LogP contribution is 2.23. The summed E-state index contributed by atoms with van der Waals surface area (Å²) in [5, 5.41) is 0. The minimum Gasteiger partial charge on any atom is -0.481 e. The summed E-state index contributed by atoms with van der Waals surface area (Å²) in [6.45, 7) is 1.67. The monoisotopic (exact) mass is 250 g/mol. The van der Waals surface area contributed by atoms with Gasteiger partial charge in [0, 0.05) is 6.07 Å². The molecule has 2 aromatic rings. The Hall–Kier alpha value is -2.31. The number of methoxy groups -OCH3 is 2. The van der Waals surface area contributed by atoms with Crippen LogP contribution in [0.4, 0.5) is 5.95 Å². The van der Waals surface area contributed by atoms with Crippen molar-refractivity contribution in [2.45, 2.75) is 13.0 Å². The number of pyridine rings is 1. The van der Waals surface area contributed by atoms with Gasteiger partial charge in [0.1, 0.15) is 11.6 Å². The number of aromatic nitrogens is 3. The molecular weight excluding hydrogens is 236 g/mol. The molecular formula is C11H14N4O3. The largest absolute Gasteiger partial charge is 0.481 e. The third-order valence-corrected chi connectivity index (χ3v) is 2.68. The first-order valence-corrected chi connectivity index (χ1v) is 5.34. The van der Waals surface area contributed by atoms with Crippen LogP contribution in [0.2, 0.25) is 0 Å². The normalized spacial score (nSPS) is 12.4. The van der Waals surface area contributed by atoms with Crippen LogP contribution in [0.15, 0.2) is 12.1 Å². The molecule has 1 unspecified atom stereocenters. The molecule has 0 amide bonds. The van der Waals surface area contributed by atoms with Crippen molar-refractivity contribution >= 4 is 23.1 Å². The molecule has 18 heavy (non-hydrogen) atoms. The van der Waals surface area contributed by atoms with Crippen molar-refractivity contribution in [2.75, 3.05) is 20.0 Å². The Balaban J connectivity index is 2.61. The van der Waals surface area contributed by atoms with Gasteiger partial charge in [-0.2, -0.15) is 4.98 Å². The van der Waals surface area contributed by atoms with E-state index in [4.69, 9.17) is 15.2 Å². The van der Waals surface area contributed by atoms with Crippen LogP contribution in [-0.2, 0) is 9.53 Å². The summed E-state index contributed by atoms with van der Waals surface area (Å²) < 4.78 is 11.3. The van der Waals surface area contributed by atoms with E-state index in [-0.39, 0.29) is 5.95 Å². The molecule has 96 valence electrons. The zero-order chi connectivity index (χ0) is 13.3. The minimum absolute atomic E-state index is 0.212. The second-order valence-electron chi connectivity index (χ2n) is 3.74. The highest BCUT2D eigenvalue weighted by Gasteiger charge is 2.22. The zero-order valence-electron chi connectivity index (χ0n) is 10.4. The van der Waals surface area contributed by atoms with E-state index in [0.717, 1.165) is 0 Å². The fourth-order valence-electron chi connectivity index (χ4n) is 1.75. The molecule has 0 aliphatic carbocycles. The molecule has 2 heterocycles. The molecule has 0 bridgehead atoms. The number of carbonyl (C=O) groups is 1. The lowest BCUT2D eigenvalue weighted by Crippen LogP contribution is -2.19. The van der Waals surface area contributed by atoms with E-state index in [2.05, 4.69) is 9.97 Å². The third-order valence-electron chi connectivity index (χ3n) is 2.68. The third kappa shape index (κ3) is 1.83. The Labute approximate surface area is 104 Å². The van der Waals surface area contributed by atoms with Gasteiger partial charge in [0.25, 0.3) is 0 Å². The number of carbonyl (C=O) groups excluding carboxylic acids is 1. The number of esters is 1. The predicted octanol–water partition coefficient (Wildman–Crippen LogP) is 0.756. The van der Waals surface area contributed by atoms with Crippen molar-refractivity contribution < 1.29 is 14.3 Å². The SMILES string of the molecule is COC(=O)C(C)n1c(N)nc2ccc(OC)nc21. The summed E-state index contributed by atoms with van der Waals surface area (Å²) in [7, 11) is 2.84. The van der Waals surface area contributed by atoms with E-state index >= 15 is 0 Å². The van der Waals surface area contributed by atoms with Crippen molar-refractivity contribution in [3.63, 3.8) is 0 Å². The average Bonchev–Trinajstić information content (AvgIpc) is 2.71. The molecule has 0 aliphatic heterocycles. The standard InChI is InChI=1S/C11H14N4O3/c1-6(10(16)18-3)15-9-7(13-11(15)12)4-5-8(14-9)17-2/h4-6H,1-3H3,(H2,12,13). The Morgan fingerprint density at radius 2 is 2.11 bits per heavy atom. The lowest BCUT2D eigenvalue weighted by atomic mass is 10.3. The van der Waals surface area contributed by atoms with Gasteiger partial charge in [0.05, 0.1) is 14.2 Å². The molecule has 0 radical (unpaired) electrons. The predicted molar refractivity (Wildman–Crippen MR) is 65.2 cm³/mol. The van der Waals surface area contributed by atoms with Gasteiger partial charge in [-0.3, -0.25) is 4.57 Å². The molecule has 7 heteroatoms. The number of anilines is 1. The van der Waals surface area contributed by atoms with E-state index in [9.17, 15) is 4.79 Å². The maximum absolute atomic E-state index is 11.6. The lowest BCUT2D eigenvalue weighted by molar-refractivity contribution is -0.143. The minimum atomic E-state index is -0.598. The Morgan fingerprint density at radius 1 is 1.39 bits per heavy atom. The van der Waals surface area contributed by atoms with Gasteiger partial charge in [-0.05, 0) is 13.0 Å². The zero-order valence-corrected chi connectivity index (χ0v) is 10.4. The number of fused-ring (bicyclic) bond motifs is 1. The fraction of sp³-hybridized carbons (Fsp3) is 0.364. The Morgan fingerprint density at radius 3 is 2.72 bits per heavy atom. The Bertz CT molecular complexity index is 593. The van der Waals surface area contributed by atoms with Crippen LogP contribution < -0.4 is 10.5 Å². The first-order chi connectivity index (χ1) is 8.58. The van der Waals surface area contributed by atoms with Crippen LogP contribution in [0, 0.1) is 0 Å². The molecule has 2 aromatic heterocycles. The van der Waals surface area contributed by atoms with Crippen LogP contribution in [0.1, 0.15) is 13.0 Å². The van der Waals surface area contributed by atoms with Crippen molar-refractivity contribution in [3.8, 4) is 5.88 Å². The molecule has 1 atom stereocenters. The Kier molecular flexibility index (Phi) is 3.05. The number of rotatable bonds is 3. The fourth-order valence-corrected chi connectivity index (χ4v) is 1.75. The molecule has 0 saturated carbocycles. The van der Waals surface area contributed by atoms with Gasteiger partial charge in [0.15, 0.2) is 5.65 Å². The lowest BCUT2D eigenvalue weighted by Gasteiger charge is -2.12. The van der Waals surface area contributed by atoms with E-state index in [1.165, 1.54) is 18.8 Å². The average molecular weight is 250 g/mol. The summed E-state index contributed by atoms with van der Waals surface area (Å²) in [5.41, 5.74) is 6.89. The molecule has 2 rings (SSSR count). The maximum atomic E-state index is 11.6. The maximum Gasteiger partial charge on any atom is 0.328 e. The molecule has 0 spiro atoms. The summed E-state index contributed by atoms with van der Waals surface area (Å²) in [4.78, 5) is 20.0. The van der Waals surface area contributed by atoms with E-state index in [1.54, 1.807) is 19.1 Å². The van der Waals surface area contributed by atoms with Crippen LogP contribution in [-0.4, -0.2) is 34.7 Å². The summed E-state index contributed by atoms with van der Waals surface area (Å²) in [6.07, 6.45) is 0. The summed E-state index contributed by atoms with van der Waals surface area (Å²) in [6, 6.07) is 2.82. The molecule has 0 fully saturated rings. The van der Waals surface area contributed by atoms with Crippen LogP contribution in [0.3, 0.4) is 0 Å². The molecule has 0 saturated heterocycles. The molecule has 2 N–H and O–H groups in total. The second-order valence-corrected chi connectivity index (χ2v) is 3.74. The van der Waals surface area contributed by atoms with Gasteiger partial charge in [-0.15, -0.1) is 0 Å². The first-order valence-electron chi connectivity index (χ1n) is 5.34. The smallest absolute Gasteiger partial charge is 0.328 e. The highest BCUT2D eigenvalue weighted by atomic mass is 16.5. The van der Waals surface area contributed by atoms with Crippen LogP contribution in [0.25, 0.3) is 11.2 Å². The van der Waals surface area contributed by atoms with Gasteiger partial charge in [-0.25, -0.2) is 9.78 Å². The van der Waals surface area contributed by atoms with Crippen molar-refractivity contribution in [1.82, 2.24) is 14.5 Å². The van der Waals surface area contributed by atoms with Gasteiger partial charge < -0.3 is 15.2 Å². The quantitative estimate of drug-likeness (QED) is 0.808. The van der Waals surface area contributed by atoms with E-state index in [0.29, 0.717) is 17.0 Å². The molecule has 0 aromatic carbocycles. The van der Waals surface area contributed by atoms with Gasteiger partial charge in [-0.1, -0.05) is 0 Å². The number of hydrogen-bond acceptors (Lipinski definition) is 6. The van der Waals surface area contributed by atoms with Crippen molar-refractivity contribution in [2.24, 2.45) is 0 Å². The number of hydrogen-bond donors (Lipinski definition) is 1. The summed E-state index contributed by atoms with van der Waals surface area (Å²) >= 11 is 0. The number of nitrogens with zero attached hydrogens (tertiary/aromatic N) is 3. The van der Waals surface area contributed by atoms with Gasteiger partial charge >= 0.3 is 5.97 Å². The molecule has 7 nitrogen and oxygen atoms in total.